The van der Waals surface area contributed by atoms with E-state index in [1.807, 2.05) is 24.4 Å². The first-order valence-electron chi connectivity index (χ1n) is 15.6. The Morgan fingerprint density at radius 2 is 1.18 bits per heavy atom. The molecule has 2 atom stereocenters. The second-order valence-electron chi connectivity index (χ2n) is 12.1. The SMILES string of the molecule is c1cnc2c(c1)oc1c(-c3ccc(C4CCCC[C@@H]4c4ccc(-n5c6ccccc6c6ccccc65)cc4)cc3)ccnc12. The van der Waals surface area contributed by atoms with Crippen molar-refractivity contribution < 1.29 is 4.42 Å². The first-order valence-corrected chi connectivity index (χ1v) is 15.6. The van der Waals surface area contributed by atoms with Crippen LogP contribution in [0.25, 0.3) is 60.8 Å². The van der Waals surface area contributed by atoms with Crippen molar-refractivity contribution >= 4 is 44.0 Å². The number of fused-ring (bicyclic) bond motifs is 6. The third kappa shape index (κ3) is 3.98. The van der Waals surface area contributed by atoms with E-state index in [1.165, 1.54) is 64.3 Å². The van der Waals surface area contributed by atoms with E-state index in [1.54, 1.807) is 6.20 Å². The predicted molar refractivity (Wildman–Crippen MR) is 179 cm³/mol. The fourth-order valence-corrected chi connectivity index (χ4v) is 7.62. The van der Waals surface area contributed by atoms with Gasteiger partial charge in [0.1, 0.15) is 11.0 Å². The monoisotopic (exact) mass is 569 g/mol. The molecule has 1 aliphatic rings. The number of para-hydroxylation sites is 2. The third-order valence-corrected chi connectivity index (χ3v) is 9.69. The van der Waals surface area contributed by atoms with Crippen LogP contribution in [0.1, 0.15) is 48.6 Å². The molecule has 4 aromatic heterocycles. The smallest absolute Gasteiger partial charge is 0.163 e. The van der Waals surface area contributed by atoms with Gasteiger partial charge < -0.3 is 8.98 Å². The summed E-state index contributed by atoms with van der Waals surface area (Å²) in [6.45, 7) is 0. The third-order valence-electron chi connectivity index (χ3n) is 9.69. The normalized spacial score (nSPS) is 17.2. The molecule has 1 saturated carbocycles. The maximum atomic E-state index is 6.22. The molecular formula is C40H31N3O. The average Bonchev–Trinajstić information content (AvgIpc) is 3.65. The summed E-state index contributed by atoms with van der Waals surface area (Å²) < 4.78 is 8.62. The van der Waals surface area contributed by atoms with Crippen LogP contribution in [0.3, 0.4) is 0 Å². The van der Waals surface area contributed by atoms with Crippen molar-refractivity contribution in [2.75, 3.05) is 0 Å². The molecule has 1 fully saturated rings. The van der Waals surface area contributed by atoms with E-state index in [0.717, 1.165) is 33.3 Å². The number of furan rings is 1. The summed E-state index contributed by atoms with van der Waals surface area (Å²) in [5.41, 5.74) is 12.0. The van der Waals surface area contributed by atoms with Crippen LogP contribution < -0.4 is 0 Å². The highest BCUT2D eigenvalue weighted by Crippen LogP contribution is 2.45. The van der Waals surface area contributed by atoms with Gasteiger partial charge in [-0.05, 0) is 83.8 Å². The van der Waals surface area contributed by atoms with Crippen molar-refractivity contribution in [1.29, 1.82) is 0 Å². The topological polar surface area (TPSA) is 43.9 Å². The van der Waals surface area contributed by atoms with E-state index in [4.69, 9.17) is 4.42 Å². The van der Waals surface area contributed by atoms with Crippen molar-refractivity contribution in [3.8, 4) is 16.8 Å². The van der Waals surface area contributed by atoms with Crippen molar-refractivity contribution in [2.45, 2.75) is 37.5 Å². The molecule has 4 heteroatoms. The van der Waals surface area contributed by atoms with Gasteiger partial charge >= 0.3 is 0 Å². The molecule has 0 amide bonds. The van der Waals surface area contributed by atoms with E-state index in [9.17, 15) is 0 Å². The van der Waals surface area contributed by atoms with Gasteiger partial charge in [-0.15, -0.1) is 0 Å². The summed E-state index contributed by atoms with van der Waals surface area (Å²) in [5.74, 6) is 1.01. The highest BCUT2D eigenvalue weighted by molar-refractivity contribution is 6.09. The minimum absolute atomic E-state index is 0.504. The van der Waals surface area contributed by atoms with Crippen LogP contribution in [0.4, 0.5) is 0 Å². The number of nitrogens with zero attached hydrogens (tertiary/aromatic N) is 3. The molecule has 0 saturated heterocycles. The Labute approximate surface area is 255 Å². The van der Waals surface area contributed by atoms with Gasteiger partial charge in [0.25, 0.3) is 0 Å². The van der Waals surface area contributed by atoms with E-state index in [0.29, 0.717) is 11.8 Å². The molecule has 0 spiro atoms. The lowest BCUT2D eigenvalue weighted by atomic mass is 9.72. The van der Waals surface area contributed by atoms with Gasteiger partial charge in [-0.3, -0.25) is 9.97 Å². The number of aromatic nitrogens is 3. The quantitative estimate of drug-likeness (QED) is 0.212. The molecular weight excluding hydrogens is 538 g/mol. The van der Waals surface area contributed by atoms with Gasteiger partial charge in [0, 0.05) is 34.4 Å². The zero-order valence-corrected chi connectivity index (χ0v) is 24.4. The molecule has 0 aliphatic heterocycles. The Balaban J connectivity index is 1.04. The Morgan fingerprint density at radius 1 is 0.568 bits per heavy atom. The second kappa shape index (κ2) is 10.2. The van der Waals surface area contributed by atoms with E-state index in [2.05, 4.69) is 112 Å². The highest BCUT2D eigenvalue weighted by Gasteiger charge is 2.28. The largest absolute Gasteiger partial charge is 0.452 e. The van der Waals surface area contributed by atoms with E-state index >= 15 is 0 Å². The molecule has 4 nitrogen and oxygen atoms in total. The lowest BCUT2D eigenvalue weighted by Crippen LogP contribution is -2.16. The Hall–Kier alpha value is -5.22. The first-order chi connectivity index (χ1) is 21.8. The molecule has 4 heterocycles. The van der Waals surface area contributed by atoms with Crippen LogP contribution in [0.15, 0.2) is 132 Å². The second-order valence-corrected chi connectivity index (χ2v) is 12.1. The fraction of sp³-hybridized carbons (Fsp3) is 0.150. The summed E-state index contributed by atoms with van der Waals surface area (Å²) in [6.07, 6.45) is 8.64. The van der Waals surface area contributed by atoms with Crippen molar-refractivity contribution in [2.24, 2.45) is 0 Å². The predicted octanol–water partition coefficient (Wildman–Crippen LogP) is 10.6. The Bertz CT molecular complexity index is 2240. The molecule has 0 N–H and O–H groups in total. The maximum absolute atomic E-state index is 6.22. The lowest BCUT2D eigenvalue weighted by molar-refractivity contribution is 0.386. The van der Waals surface area contributed by atoms with Crippen molar-refractivity contribution in [3.05, 3.63) is 139 Å². The van der Waals surface area contributed by atoms with Crippen LogP contribution in [0.5, 0.6) is 0 Å². The molecule has 9 rings (SSSR count). The average molecular weight is 570 g/mol. The summed E-state index contributed by atoms with van der Waals surface area (Å²) in [6, 6.07) is 41.9. The lowest BCUT2D eigenvalue weighted by Gasteiger charge is -2.32. The number of rotatable bonds is 4. The van der Waals surface area contributed by atoms with E-state index in [-0.39, 0.29) is 0 Å². The van der Waals surface area contributed by atoms with Crippen LogP contribution >= 0.6 is 0 Å². The van der Waals surface area contributed by atoms with Gasteiger partial charge in [-0.25, -0.2) is 0 Å². The van der Waals surface area contributed by atoms with Gasteiger partial charge in [0.05, 0.1) is 11.0 Å². The molecule has 1 unspecified atom stereocenters. The fourth-order valence-electron chi connectivity index (χ4n) is 7.62. The van der Waals surface area contributed by atoms with Crippen LogP contribution in [0.2, 0.25) is 0 Å². The van der Waals surface area contributed by atoms with Crippen LogP contribution in [-0.4, -0.2) is 14.5 Å². The van der Waals surface area contributed by atoms with Crippen LogP contribution in [0, 0.1) is 0 Å². The highest BCUT2D eigenvalue weighted by atomic mass is 16.3. The number of pyridine rings is 2. The first kappa shape index (κ1) is 25.3. The van der Waals surface area contributed by atoms with E-state index < -0.39 is 0 Å². The minimum Gasteiger partial charge on any atom is -0.452 e. The summed E-state index contributed by atoms with van der Waals surface area (Å²) >= 11 is 0. The Morgan fingerprint density at radius 3 is 1.86 bits per heavy atom. The van der Waals surface area contributed by atoms with Gasteiger partial charge in [0.15, 0.2) is 11.2 Å². The molecule has 8 aromatic rings. The maximum Gasteiger partial charge on any atom is 0.163 e. The summed E-state index contributed by atoms with van der Waals surface area (Å²) in [4.78, 5) is 9.09. The van der Waals surface area contributed by atoms with Gasteiger partial charge in [0.2, 0.25) is 0 Å². The Kier molecular flexibility index (Phi) is 5.86. The zero-order valence-electron chi connectivity index (χ0n) is 24.4. The van der Waals surface area contributed by atoms with Crippen molar-refractivity contribution in [3.63, 3.8) is 0 Å². The summed E-state index contributed by atoms with van der Waals surface area (Å²) in [5, 5.41) is 2.60. The molecule has 4 aromatic carbocycles. The summed E-state index contributed by atoms with van der Waals surface area (Å²) in [7, 11) is 0. The standard InChI is InChI=1S/C40H31N3O/c1-2-9-31(27-19-21-29(22-20-27)43-35-12-5-3-10-33(35)34-11-4-6-13-36(34)43)30(8-1)26-15-17-28(18-16-26)32-23-25-42-39-38-37(44-40(32)39)14-7-24-41-38/h3-7,10-25,30-31H,1-2,8-9H2/t30?,31-/m1/s1. The molecule has 0 radical (unpaired) electrons. The van der Waals surface area contributed by atoms with Crippen LogP contribution in [-0.2, 0) is 0 Å². The number of hydrogen-bond donors (Lipinski definition) is 0. The molecule has 44 heavy (non-hydrogen) atoms. The van der Waals surface area contributed by atoms with Crippen molar-refractivity contribution in [1.82, 2.24) is 14.5 Å². The molecule has 212 valence electrons. The molecule has 0 bridgehead atoms. The number of benzene rings is 4. The van der Waals surface area contributed by atoms with Gasteiger partial charge in [-0.1, -0.05) is 85.6 Å². The molecule has 1 aliphatic carbocycles. The van der Waals surface area contributed by atoms with Gasteiger partial charge in [-0.2, -0.15) is 0 Å². The zero-order chi connectivity index (χ0) is 29.0. The minimum atomic E-state index is 0.504. The number of hydrogen-bond acceptors (Lipinski definition) is 3.